The third-order valence-corrected chi connectivity index (χ3v) is 3.08. The molecule has 0 saturated carbocycles. The van der Waals surface area contributed by atoms with E-state index in [0.717, 1.165) is 12.0 Å². The minimum atomic E-state index is -0.429. The van der Waals surface area contributed by atoms with Crippen molar-refractivity contribution in [3.05, 3.63) is 35.4 Å². The van der Waals surface area contributed by atoms with Crippen molar-refractivity contribution < 1.29 is 0 Å². The monoisotopic (exact) mass is 229 g/mol. The van der Waals surface area contributed by atoms with Gasteiger partial charge in [-0.05, 0) is 43.4 Å². The zero-order valence-corrected chi connectivity index (χ0v) is 11.6. The van der Waals surface area contributed by atoms with Crippen molar-refractivity contribution in [3.8, 4) is 11.8 Å². The number of hydrogen-bond donors (Lipinski definition) is 1. The first-order valence-corrected chi connectivity index (χ1v) is 6.17. The van der Waals surface area contributed by atoms with Crippen molar-refractivity contribution >= 4 is 0 Å². The summed E-state index contributed by atoms with van der Waals surface area (Å²) >= 11 is 0. The minimum Gasteiger partial charge on any atom is -0.316 e. The Morgan fingerprint density at radius 2 is 1.59 bits per heavy atom. The molecule has 1 nitrogen and oxygen atoms in total. The van der Waals surface area contributed by atoms with Crippen LogP contribution < -0.4 is 5.73 Å². The summed E-state index contributed by atoms with van der Waals surface area (Å²) in [6, 6.07) is 8.48. The number of rotatable bonds is 2. The lowest BCUT2D eigenvalue weighted by atomic mass is 9.82. The van der Waals surface area contributed by atoms with Gasteiger partial charge in [0.2, 0.25) is 0 Å². The SMILES string of the molecule is CCC(C)(C)c1ccc(C#CC(C)(C)N)cc1. The number of benzene rings is 1. The molecule has 0 bridgehead atoms. The van der Waals surface area contributed by atoms with Crippen LogP contribution in [-0.2, 0) is 5.41 Å². The Morgan fingerprint density at radius 3 is 2.00 bits per heavy atom. The lowest BCUT2D eigenvalue weighted by molar-refractivity contribution is 0.506. The van der Waals surface area contributed by atoms with E-state index in [2.05, 4.69) is 56.9 Å². The fourth-order valence-corrected chi connectivity index (χ4v) is 1.44. The molecule has 0 spiro atoms. The molecule has 0 aromatic heterocycles. The zero-order chi connectivity index (χ0) is 13.1. The lowest BCUT2D eigenvalue weighted by Crippen LogP contribution is -2.29. The van der Waals surface area contributed by atoms with Crippen molar-refractivity contribution in [2.24, 2.45) is 5.73 Å². The van der Waals surface area contributed by atoms with Gasteiger partial charge in [-0.3, -0.25) is 0 Å². The highest BCUT2D eigenvalue weighted by Gasteiger charge is 2.17. The van der Waals surface area contributed by atoms with E-state index < -0.39 is 5.54 Å². The van der Waals surface area contributed by atoms with Gasteiger partial charge in [-0.2, -0.15) is 0 Å². The normalized spacial score (nSPS) is 11.9. The van der Waals surface area contributed by atoms with Crippen LogP contribution in [0.5, 0.6) is 0 Å². The van der Waals surface area contributed by atoms with E-state index in [-0.39, 0.29) is 5.41 Å². The fourth-order valence-electron chi connectivity index (χ4n) is 1.44. The maximum Gasteiger partial charge on any atom is 0.0722 e. The van der Waals surface area contributed by atoms with Crippen LogP contribution in [0, 0.1) is 11.8 Å². The van der Waals surface area contributed by atoms with Crippen LogP contribution >= 0.6 is 0 Å². The average molecular weight is 229 g/mol. The van der Waals surface area contributed by atoms with Crippen LogP contribution in [-0.4, -0.2) is 5.54 Å². The quantitative estimate of drug-likeness (QED) is 0.772. The van der Waals surface area contributed by atoms with Crippen LogP contribution in [0.4, 0.5) is 0 Å². The lowest BCUT2D eigenvalue weighted by Gasteiger charge is -2.23. The van der Waals surface area contributed by atoms with Crippen LogP contribution in [0.25, 0.3) is 0 Å². The topological polar surface area (TPSA) is 26.0 Å². The maximum absolute atomic E-state index is 5.83. The van der Waals surface area contributed by atoms with E-state index in [0.29, 0.717) is 0 Å². The molecule has 1 rings (SSSR count). The van der Waals surface area contributed by atoms with Crippen molar-refractivity contribution in [1.29, 1.82) is 0 Å². The molecular weight excluding hydrogens is 206 g/mol. The molecule has 2 N–H and O–H groups in total. The van der Waals surface area contributed by atoms with Gasteiger partial charge in [0.05, 0.1) is 5.54 Å². The van der Waals surface area contributed by atoms with Crippen molar-refractivity contribution in [2.75, 3.05) is 0 Å². The summed E-state index contributed by atoms with van der Waals surface area (Å²) < 4.78 is 0. The van der Waals surface area contributed by atoms with Crippen molar-refractivity contribution in [1.82, 2.24) is 0 Å². The van der Waals surface area contributed by atoms with E-state index in [9.17, 15) is 0 Å². The molecule has 0 unspecified atom stereocenters. The summed E-state index contributed by atoms with van der Waals surface area (Å²) in [6.45, 7) is 10.6. The zero-order valence-electron chi connectivity index (χ0n) is 11.6. The molecule has 1 aromatic rings. The van der Waals surface area contributed by atoms with Gasteiger partial charge >= 0.3 is 0 Å². The fraction of sp³-hybridized carbons (Fsp3) is 0.500. The molecule has 0 fully saturated rings. The van der Waals surface area contributed by atoms with Gasteiger partial charge in [0, 0.05) is 5.56 Å². The molecular formula is C16H23N. The maximum atomic E-state index is 5.83. The Hall–Kier alpha value is -1.26. The number of nitrogens with two attached hydrogens (primary N) is 1. The molecule has 17 heavy (non-hydrogen) atoms. The molecule has 0 saturated heterocycles. The predicted octanol–water partition coefficient (Wildman–Crippen LogP) is 3.46. The van der Waals surface area contributed by atoms with E-state index in [1.807, 2.05) is 13.8 Å². The molecule has 1 heteroatoms. The molecule has 1 aromatic carbocycles. The summed E-state index contributed by atoms with van der Waals surface area (Å²) in [6.07, 6.45) is 1.13. The highest BCUT2D eigenvalue weighted by molar-refractivity contribution is 5.39. The van der Waals surface area contributed by atoms with E-state index in [1.54, 1.807) is 0 Å². The second-order valence-electron chi connectivity index (χ2n) is 5.79. The van der Waals surface area contributed by atoms with Gasteiger partial charge in [0.25, 0.3) is 0 Å². The highest BCUT2D eigenvalue weighted by Crippen LogP contribution is 2.26. The summed E-state index contributed by atoms with van der Waals surface area (Å²) in [7, 11) is 0. The van der Waals surface area contributed by atoms with Gasteiger partial charge in [-0.1, -0.05) is 44.7 Å². The molecule has 0 aliphatic carbocycles. The molecule has 92 valence electrons. The first-order valence-electron chi connectivity index (χ1n) is 6.17. The molecule has 0 aliphatic rings. The van der Waals surface area contributed by atoms with Crippen molar-refractivity contribution in [3.63, 3.8) is 0 Å². The smallest absolute Gasteiger partial charge is 0.0722 e. The van der Waals surface area contributed by atoms with Gasteiger partial charge in [0.15, 0.2) is 0 Å². The third-order valence-electron chi connectivity index (χ3n) is 3.08. The Balaban J connectivity index is 2.92. The van der Waals surface area contributed by atoms with E-state index in [4.69, 9.17) is 5.73 Å². The third kappa shape index (κ3) is 4.24. The second kappa shape index (κ2) is 4.94. The molecule has 0 heterocycles. The Bertz CT molecular complexity index is 421. The van der Waals surface area contributed by atoms with E-state index >= 15 is 0 Å². The first-order chi connectivity index (χ1) is 7.74. The average Bonchev–Trinajstić information content (AvgIpc) is 2.26. The summed E-state index contributed by atoms with van der Waals surface area (Å²) in [4.78, 5) is 0. The van der Waals surface area contributed by atoms with Crippen LogP contribution in [0.1, 0.15) is 52.2 Å². The first kappa shape index (κ1) is 13.8. The van der Waals surface area contributed by atoms with Crippen molar-refractivity contribution in [2.45, 2.75) is 52.0 Å². The molecule has 0 aliphatic heterocycles. The van der Waals surface area contributed by atoms with Crippen LogP contribution in [0.2, 0.25) is 0 Å². The predicted molar refractivity (Wildman–Crippen MR) is 74.9 cm³/mol. The van der Waals surface area contributed by atoms with Gasteiger partial charge in [-0.15, -0.1) is 0 Å². The summed E-state index contributed by atoms with van der Waals surface area (Å²) in [5, 5.41) is 0. The Kier molecular flexibility index (Phi) is 4.01. The van der Waals surface area contributed by atoms with Crippen LogP contribution in [0.3, 0.4) is 0 Å². The van der Waals surface area contributed by atoms with E-state index in [1.165, 1.54) is 5.56 Å². The number of hydrogen-bond acceptors (Lipinski definition) is 1. The highest BCUT2D eigenvalue weighted by atomic mass is 14.7. The van der Waals surface area contributed by atoms with Gasteiger partial charge < -0.3 is 5.73 Å². The second-order valence-corrected chi connectivity index (χ2v) is 5.79. The minimum absolute atomic E-state index is 0.235. The van der Waals surface area contributed by atoms with Crippen LogP contribution in [0.15, 0.2) is 24.3 Å². The van der Waals surface area contributed by atoms with Gasteiger partial charge in [-0.25, -0.2) is 0 Å². The van der Waals surface area contributed by atoms with Gasteiger partial charge in [0.1, 0.15) is 0 Å². The summed E-state index contributed by atoms with van der Waals surface area (Å²) in [5.74, 6) is 6.14. The largest absolute Gasteiger partial charge is 0.316 e. The molecule has 0 atom stereocenters. The Labute approximate surface area is 105 Å². The standard InChI is InChI=1S/C16H23N/c1-6-15(2,3)14-9-7-13(8-10-14)11-12-16(4,5)17/h7-10H,6,17H2,1-5H3. The Morgan fingerprint density at radius 1 is 1.06 bits per heavy atom. The molecule has 0 amide bonds. The molecule has 0 radical (unpaired) electrons. The summed E-state index contributed by atoms with van der Waals surface area (Å²) in [5.41, 5.74) is 8.02.